The Kier molecular flexibility index (Phi) is 8.03. The van der Waals surface area contributed by atoms with E-state index in [1.54, 1.807) is 0 Å². The van der Waals surface area contributed by atoms with Gasteiger partial charge in [-0.15, -0.1) is 10.2 Å². The molecule has 0 saturated carbocycles. The Morgan fingerprint density at radius 2 is 1.57 bits per heavy atom. The second kappa shape index (κ2) is 12.3. The van der Waals surface area contributed by atoms with Crippen LogP contribution in [0.4, 0.5) is 0 Å². The van der Waals surface area contributed by atoms with Gasteiger partial charge in [-0.1, -0.05) is 100.0 Å². The topological polar surface area (TPSA) is 90.1 Å². The van der Waals surface area contributed by atoms with Crippen molar-refractivity contribution < 1.29 is 0 Å². The van der Waals surface area contributed by atoms with Crippen molar-refractivity contribution in [3.63, 3.8) is 0 Å². The first-order valence-electron chi connectivity index (χ1n) is 14.8. The van der Waals surface area contributed by atoms with E-state index in [2.05, 4.69) is 130 Å². The Morgan fingerprint density at radius 1 is 0.857 bits per heavy atom. The summed E-state index contributed by atoms with van der Waals surface area (Å²) in [7, 11) is 0. The first-order valence-corrected chi connectivity index (χ1v) is 14.8. The minimum atomic E-state index is 0.356. The summed E-state index contributed by atoms with van der Waals surface area (Å²) in [5.41, 5.74) is 7.37. The van der Waals surface area contributed by atoms with E-state index in [4.69, 9.17) is 10.1 Å². The van der Waals surface area contributed by atoms with Gasteiger partial charge in [0.25, 0.3) is 0 Å². The molecular weight excluding hydrogens is 520 g/mol. The van der Waals surface area contributed by atoms with Crippen LogP contribution >= 0.6 is 0 Å². The van der Waals surface area contributed by atoms with Crippen molar-refractivity contribution in [3.05, 3.63) is 108 Å². The summed E-state index contributed by atoms with van der Waals surface area (Å²) in [5, 5.41) is 20.3. The summed E-state index contributed by atoms with van der Waals surface area (Å²) in [4.78, 5) is 4.92. The summed E-state index contributed by atoms with van der Waals surface area (Å²) in [5.74, 6) is 2.91. The van der Waals surface area contributed by atoms with Gasteiger partial charge in [-0.05, 0) is 52.9 Å². The van der Waals surface area contributed by atoms with Crippen molar-refractivity contribution in [2.45, 2.75) is 58.9 Å². The van der Waals surface area contributed by atoms with E-state index in [0.29, 0.717) is 18.3 Å². The fraction of sp³-hybridized carbons (Fsp3) is 0.265. The minimum absolute atomic E-state index is 0.356. The summed E-state index contributed by atoms with van der Waals surface area (Å²) < 4.78 is 4.33. The van der Waals surface area contributed by atoms with Gasteiger partial charge in [0.15, 0.2) is 5.82 Å². The van der Waals surface area contributed by atoms with E-state index in [0.717, 1.165) is 71.1 Å². The smallest absolute Gasteiger partial charge is 0.222 e. The number of hydrogen-bond acceptors (Lipinski definition) is 5. The summed E-state index contributed by atoms with van der Waals surface area (Å²) in [6.07, 6.45) is 4.19. The van der Waals surface area contributed by atoms with Crippen LogP contribution in [0.5, 0.6) is 0 Å². The van der Waals surface area contributed by atoms with Crippen LogP contribution in [0.2, 0.25) is 0 Å². The summed E-state index contributed by atoms with van der Waals surface area (Å²) in [6, 6.07) is 31.7. The number of tetrazole rings is 1. The molecule has 0 fully saturated rings. The van der Waals surface area contributed by atoms with Crippen molar-refractivity contribution in [1.82, 2.24) is 40.0 Å². The van der Waals surface area contributed by atoms with Gasteiger partial charge < -0.3 is 4.57 Å². The second-order valence-electron chi connectivity index (χ2n) is 10.7. The lowest BCUT2D eigenvalue weighted by atomic mass is 10.0. The molecular formula is C34H36N8. The van der Waals surface area contributed by atoms with Crippen LogP contribution in [0.25, 0.3) is 39.6 Å². The number of aromatic nitrogens is 8. The third kappa shape index (κ3) is 5.52. The van der Waals surface area contributed by atoms with E-state index in [9.17, 15) is 0 Å². The van der Waals surface area contributed by atoms with Crippen LogP contribution < -0.4 is 0 Å². The Bertz CT molecular complexity index is 1720. The van der Waals surface area contributed by atoms with Gasteiger partial charge in [-0.25, -0.2) is 9.67 Å². The predicted octanol–water partition coefficient (Wildman–Crippen LogP) is 7.49. The van der Waals surface area contributed by atoms with Crippen molar-refractivity contribution in [2.24, 2.45) is 0 Å². The number of unbranched alkanes of at least 4 members (excludes halogenated alkanes) is 1. The highest BCUT2D eigenvalue weighted by Gasteiger charge is 2.23. The number of aryl methyl sites for hydroxylation is 1. The molecule has 6 aromatic rings. The SMILES string of the molecule is CCCCc1nc(C(C)CC)n(Cc2ccc(-n3c(-c4ccccc4)cc(-c4ccccc4)c3-c3nn[nH]n3)cc2)n1. The lowest BCUT2D eigenvalue weighted by molar-refractivity contribution is 0.574. The molecule has 8 heteroatoms. The highest BCUT2D eigenvalue weighted by Crippen LogP contribution is 2.39. The van der Waals surface area contributed by atoms with Gasteiger partial charge in [0.1, 0.15) is 11.5 Å². The van der Waals surface area contributed by atoms with Gasteiger partial charge in [-0.2, -0.15) is 10.3 Å². The van der Waals surface area contributed by atoms with Crippen molar-refractivity contribution in [1.29, 1.82) is 0 Å². The van der Waals surface area contributed by atoms with Crippen LogP contribution in [0.1, 0.15) is 63.2 Å². The van der Waals surface area contributed by atoms with Crippen LogP contribution in [-0.2, 0) is 13.0 Å². The molecule has 0 radical (unpaired) electrons. The number of aromatic amines is 1. The van der Waals surface area contributed by atoms with Crippen LogP contribution in [-0.4, -0.2) is 40.0 Å². The molecule has 1 N–H and O–H groups in total. The van der Waals surface area contributed by atoms with E-state index in [1.165, 1.54) is 5.56 Å². The van der Waals surface area contributed by atoms with Gasteiger partial charge in [0.2, 0.25) is 5.82 Å². The van der Waals surface area contributed by atoms with E-state index in [-0.39, 0.29) is 0 Å². The maximum Gasteiger partial charge on any atom is 0.222 e. The second-order valence-corrected chi connectivity index (χ2v) is 10.7. The zero-order chi connectivity index (χ0) is 28.9. The van der Waals surface area contributed by atoms with Crippen LogP contribution in [0.3, 0.4) is 0 Å². The van der Waals surface area contributed by atoms with E-state index in [1.807, 2.05) is 12.1 Å². The molecule has 3 aromatic heterocycles. The standard InChI is InChI=1S/C34H36N8/c1-4-6-17-31-35-34(24(3)5-2)41(38-31)23-25-18-20-28(21-19-25)42-30(27-15-11-8-12-16-27)22-29(26-13-9-7-10-14-26)32(42)33-36-39-40-37-33/h7-16,18-22,24H,4-6,17,23H2,1-3H3,(H,36,37,39,40). The first kappa shape index (κ1) is 27.3. The molecule has 0 saturated heterocycles. The number of rotatable bonds is 11. The molecule has 0 aliphatic heterocycles. The Hall–Kier alpha value is -4.85. The molecule has 8 nitrogen and oxygen atoms in total. The number of H-pyrrole nitrogens is 1. The Balaban J connectivity index is 1.44. The zero-order valence-corrected chi connectivity index (χ0v) is 24.4. The molecule has 0 aliphatic carbocycles. The van der Waals surface area contributed by atoms with E-state index >= 15 is 0 Å². The van der Waals surface area contributed by atoms with Crippen molar-refractivity contribution in [2.75, 3.05) is 0 Å². The maximum absolute atomic E-state index is 4.92. The highest BCUT2D eigenvalue weighted by molar-refractivity contribution is 5.86. The monoisotopic (exact) mass is 556 g/mol. The van der Waals surface area contributed by atoms with Crippen LogP contribution in [0.15, 0.2) is 91.0 Å². The third-order valence-electron chi connectivity index (χ3n) is 7.79. The molecule has 1 unspecified atom stereocenters. The molecule has 0 spiro atoms. The summed E-state index contributed by atoms with van der Waals surface area (Å²) in [6.45, 7) is 7.32. The molecule has 212 valence electrons. The average Bonchev–Trinajstić information content (AvgIpc) is 3.80. The number of nitrogens with zero attached hydrogens (tertiary/aromatic N) is 7. The number of nitrogens with one attached hydrogen (secondary N) is 1. The molecule has 0 bridgehead atoms. The molecule has 1 atom stereocenters. The van der Waals surface area contributed by atoms with Gasteiger partial charge >= 0.3 is 0 Å². The molecule has 3 heterocycles. The highest BCUT2D eigenvalue weighted by atomic mass is 15.5. The quantitative estimate of drug-likeness (QED) is 0.179. The Morgan fingerprint density at radius 3 is 2.21 bits per heavy atom. The molecule has 3 aromatic carbocycles. The van der Waals surface area contributed by atoms with Gasteiger partial charge in [0.05, 0.1) is 12.2 Å². The maximum atomic E-state index is 4.92. The number of hydrogen-bond donors (Lipinski definition) is 1. The number of benzene rings is 3. The van der Waals surface area contributed by atoms with Crippen LogP contribution in [0, 0.1) is 0 Å². The fourth-order valence-electron chi connectivity index (χ4n) is 5.35. The average molecular weight is 557 g/mol. The lowest BCUT2D eigenvalue weighted by Gasteiger charge is -2.15. The molecule has 42 heavy (non-hydrogen) atoms. The van der Waals surface area contributed by atoms with E-state index < -0.39 is 0 Å². The molecule has 6 rings (SSSR count). The molecule has 0 amide bonds. The lowest BCUT2D eigenvalue weighted by Crippen LogP contribution is -2.10. The largest absolute Gasteiger partial charge is 0.306 e. The van der Waals surface area contributed by atoms with Gasteiger partial charge in [0, 0.05) is 23.6 Å². The molecule has 0 aliphatic rings. The van der Waals surface area contributed by atoms with Gasteiger partial charge in [-0.3, -0.25) is 0 Å². The summed E-state index contributed by atoms with van der Waals surface area (Å²) >= 11 is 0. The first-order chi connectivity index (χ1) is 20.7. The fourth-order valence-corrected chi connectivity index (χ4v) is 5.35. The van der Waals surface area contributed by atoms with Crippen molar-refractivity contribution in [3.8, 4) is 39.6 Å². The minimum Gasteiger partial charge on any atom is -0.306 e. The predicted molar refractivity (Wildman–Crippen MR) is 166 cm³/mol. The van der Waals surface area contributed by atoms with Crippen molar-refractivity contribution >= 4 is 0 Å². The Labute approximate surface area is 246 Å². The third-order valence-corrected chi connectivity index (χ3v) is 7.79. The normalized spacial score (nSPS) is 12.1. The zero-order valence-electron chi connectivity index (χ0n) is 24.4.